The highest BCUT2D eigenvalue weighted by molar-refractivity contribution is 5.88. The predicted octanol–water partition coefficient (Wildman–Crippen LogP) is 1.74. The van der Waals surface area contributed by atoms with Gasteiger partial charge in [0.05, 0.1) is 6.54 Å². The highest BCUT2D eigenvalue weighted by atomic mass is 16.6. The number of anilines is 1. The summed E-state index contributed by atoms with van der Waals surface area (Å²) in [5.41, 5.74) is 1.64. The molecule has 2 aliphatic rings. The van der Waals surface area contributed by atoms with Crippen molar-refractivity contribution in [3.8, 4) is 0 Å². The van der Waals surface area contributed by atoms with Crippen molar-refractivity contribution >= 4 is 17.7 Å². The second kappa shape index (κ2) is 5.76. The summed E-state index contributed by atoms with van der Waals surface area (Å²) in [5, 5.41) is 2.95. The minimum absolute atomic E-state index is 0.0468. The lowest BCUT2D eigenvalue weighted by atomic mass is 10.1. The Morgan fingerprint density at radius 2 is 2.00 bits per heavy atom. The van der Waals surface area contributed by atoms with Crippen LogP contribution in [0.25, 0.3) is 0 Å². The van der Waals surface area contributed by atoms with Gasteiger partial charge >= 0.3 is 6.09 Å². The molecule has 2 aliphatic heterocycles. The highest BCUT2D eigenvalue weighted by Crippen LogP contribution is 2.27. The molecule has 1 aromatic rings. The molecule has 0 saturated carbocycles. The number of rotatable bonds is 0. The topological polar surface area (TPSA) is 61.9 Å². The molecule has 1 fully saturated rings. The van der Waals surface area contributed by atoms with Crippen LogP contribution in [-0.2, 0) is 16.1 Å². The first kappa shape index (κ1) is 15.6. The molecule has 124 valence electrons. The molecular weight excluding hydrogens is 294 g/mol. The number of para-hydroxylation sites is 1. The predicted molar refractivity (Wildman–Crippen MR) is 87.2 cm³/mol. The third-order valence-corrected chi connectivity index (χ3v) is 4.09. The summed E-state index contributed by atoms with van der Waals surface area (Å²) in [6, 6.07) is 7.64. The molecule has 0 spiro atoms. The van der Waals surface area contributed by atoms with Gasteiger partial charge in [-0.25, -0.2) is 4.79 Å². The molecule has 1 N–H and O–H groups in total. The van der Waals surface area contributed by atoms with E-state index in [-0.39, 0.29) is 18.0 Å². The minimum Gasteiger partial charge on any atom is -0.444 e. The molecule has 1 unspecified atom stereocenters. The largest absolute Gasteiger partial charge is 0.444 e. The number of carbonyl (C=O) groups is 2. The molecule has 0 aliphatic carbocycles. The van der Waals surface area contributed by atoms with Crippen LogP contribution in [0.1, 0.15) is 26.3 Å². The van der Waals surface area contributed by atoms with E-state index in [0.717, 1.165) is 11.3 Å². The molecular formula is C17H23N3O3. The van der Waals surface area contributed by atoms with E-state index in [0.29, 0.717) is 26.2 Å². The third-order valence-electron chi connectivity index (χ3n) is 4.09. The molecule has 6 nitrogen and oxygen atoms in total. The van der Waals surface area contributed by atoms with Gasteiger partial charge < -0.3 is 19.9 Å². The summed E-state index contributed by atoms with van der Waals surface area (Å²) < 4.78 is 5.43. The Balaban J connectivity index is 1.80. The number of hydrogen-bond acceptors (Lipinski definition) is 4. The summed E-state index contributed by atoms with van der Waals surface area (Å²) in [6.45, 7) is 7.56. The molecule has 3 rings (SSSR count). The van der Waals surface area contributed by atoms with Gasteiger partial charge in [0.25, 0.3) is 0 Å². The van der Waals surface area contributed by atoms with Gasteiger partial charge in [-0.1, -0.05) is 18.2 Å². The highest BCUT2D eigenvalue weighted by Gasteiger charge is 2.38. The number of ether oxygens (including phenoxy) is 1. The van der Waals surface area contributed by atoms with Gasteiger partial charge in [0.2, 0.25) is 5.91 Å². The fourth-order valence-electron chi connectivity index (χ4n) is 3.03. The lowest BCUT2D eigenvalue weighted by Gasteiger charge is -2.41. The number of carbonyl (C=O) groups excluding carboxylic acids is 2. The zero-order chi connectivity index (χ0) is 16.6. The fraction of sp³-hybridized carbons (Fsp3) is 0.529. The van der Waals surface area contributed by atoms with E-state index < -0.39 is 5.60 Å². The lowest BCUT2D eigenvalue weighted by Crippen LogP contribution is -2.59. The van der Waals surface area contributed by atoms with Crippen LogP contribution in [0.15, 0.2) is 24.3 Å². The smallest absolute Gasteiger partial charge is 0.410 e. The van der Waals surface area contributed by atoms with Crippen molar-refractivity contribution in [1.29, 1.82) is 0 Å². The van der Waals surface area contributed by atoms with Crippen LogP contribution in [0.2, 0.25) is 0 Å². The Hall–Kier alpha value is -2.24. The summed E-state index contributed by atoms with van der Waals surface area (Å²) in [5.74, 6) is -0.0468. The van der Waals surface area contributed by atoms with Crippen molar-refractivity contribution in [3.05, 3.63) is 29.8 Å². The Morgan fingerprint density at radius 3 is 2.74 bits per heavy atom. The van der Waals surface area contributed by atoms with Gasteiger partial charge in [-0.3, -0.25) is 4.79 Å². The summed E-state index contributed by atoms with van der Waals surface area (Å²) in [7, 11) is 0. The maximum Gasteiger partial charge on any atom is 0.410 e. The van der Waals surface area contributed by atoms with Gasteiger partial charge in [-0.05, 0) is 32.4 Å². The maximum atomic E-state index is 12.4. The zero-order valence-electron chi connectivity index (χ0n) is 13.8. The first-order valence-corrected chi connectivity index (χ1v) is 7.95. The van der Waals surface area contributed by atoms with Crippen molar-refractivity contribution in [3.63, 3.8) is 0 Å². The van der Waals surface area contributed by atoms with Gasteiger partial charge in [0, 0.05) is 25.3 Å². The fourth-order valence-corrected chi connectivity index (χ4v) is 3.03. The van der Waals surface area contributed by atoms with E-state index in [2.05, 4.69) is 10.2 Å². The van der Waals surface area contributed by atoms with Crippen molar-refractivity contribution < 1.29 is 14.3 Å². The second-order valence-corrected chi connectivity index (χ2v) is 6.98. The molecule has 1 aromatic carbocycles. The summed E-state index contributed by atoms with van der Waals surface area (Å²) in [4.78, 5) is 28.4. The molecule has 23 heavy (non-hydrogen) atoms. The molecule has 0 radical (unpaired) electrons. The number of fused-ring (bicyclic) bond motifs is 3. The Bertz CT molecular complexity index is 624. The number of amides is 2. The number of piperazine rings is 1. The monoisotopic (exact) mass is 317 g/mol. The summed E-state index contributed by atoms with van der Waals surface area (Å²) >= 11 is 0. The number of nitrogens with one attached hydrogen (secondary N) is 1. The molecule has 1 atom stereocenters. The summed E-state index contributed by atoms with van der Waals surface area (Å²) in [6.07, 6.45) is -0.359. The molecule has 0 aromatic heterocycles. The molecule has 1 saturated heterocycles. The van der Waals surface area contributed by atoms with Crippen LogP contribution in [0.4, 0.5) is 10.5 Å². The molecule has 2 amide bonds. The van der Waals surface area contributed by atoms with Crippen LogP contribution in [-0.4, -0.2) is 48.2 Å². The molecule has 6 heteroatoms. The Kier molecular flexibility index (Phi) is 3.92. The second-order valence-electron chi connectivity index (χ2n) is 6.98. The third kappa shape index (κ3) is 3.25. The van der Waals surface area contributed by atoms with E-state index >= 15 is 0 Å². The van der Waals surface area contributed by atoms with Crippen molar-refractivity contribution in [2.75, 3.05) is 24.5 Å². The van der Waals surface area contributed by atoms with E-state index in [1.807, 2.05) is 45.0 Å². The quantitative estimate of drug-likeness (QED) is 0.792. The van der Waals surface area contributed by atoms with Gasteiger partial charge in [-0.15, -0.1) is 0 Å². The van der Waals surface area contributed by atoms with Crippen LogP contribution < -0.4 is 10.2 Å². The normalized spacial score (nSPS) is 21.0. The van der Waals surface area contributed by atoms with E-state index in [1.54, 1.807) is 4.90 Å². The lowest BCUT2D eigenvalue weighted by molar-refractivity contribution is -0.123. The first-order chi connectivity index (χ1) is 10.8. The van der Waals surface area contributed by atoms with E-state index in [9.17, 15) is 9.59 Å². The maximum absolute atomic E-state index is 12.4. The van der Waals surface area contributed by atoms with Crippen molar-refractivity contribution in [2.24, 2.45) is 0 Å². The molecule has 2 heterocycles. The van der Waals surface area contributed by atoms with Crippen LogP contribution in [0.5, 0.6) is 0 Å². The SMILES string of the molecule is CC(C)(C)OC(=O)N1CCN2c3ccccc3CNC(=O)C2C1. The van der Waals surface area contributed by atoms with Crippen LogP contribution in [0.3, 0.4) is 0 Å². The standard InChI is InChI=1S/C17H23N3O3/c1-17(2,3)23-16(22)19-8-9-20-13-7-5-4-6-12(13)10-18-15(21)14(20)11-19/h4-7,14H,8-11H2,1-3H3,(H,18,21). The van der Waals surface area contributed by atoms with Gasteiger partial charge in [-0.2, -0.15) is 0 Å². The average molecular weight is 317 g/mol. The van der Waals surface area contributed by atoms with Gasteiger partial charge in [0.15, 0.2) is 0 Å². The Morgan fingerprint density at radius 1 is 1.26 bits per heavy atom. The van der Waals surface area contributed by atoms with Gasteiger partial charge in [0.1, 0.15) is 11.6 Å². The Labute approximate surface area is 136 Å². The number of benzene rings is 1. The van der Waals surface area contributed by atoms with E-state index in [1.165, 1.54) is 0 Å². The minimum atomic E-state index is -0.535. The van der Waals surface area contributed by atoms with E-state index in [4.69, 9.17) is 4.74 Å². The molecule has 0 bridgehead atoms. The van der Waals surface area contributed by atoms with Crippen LogP contribution in [0, 0.1) is 0 Å². The number of hydrogen-bond donors (Lipinski definition) is 1. The number of nitrogens with zero attached hydrogens (tertiary/aromatic N) is 2. The average Bonchev–Trinajstić information content (AvgIpc) is 2.63. The first-order valence-electron chi connectivity index (χ1n) is 7.95. The van der Waals surface area contributed by atoms with Crippen molar-refractivity contribution in [2.45, 2.75) is 39.0 Å². The van der Waals surface area contributed by atoms with Crippen LogP contribution >= 0.6 is 0 Å². The van der Waals surface area contributed by atoms with Crippen molar-refractivity contribution in [1.82, 2.24) is 10.2 Å². The zero-order valence-corrected chi connectivity index (χ0v) is 13.8.